The van der Waals surface area contributed by atoms with E-state index in [1.165, 1.54) is 13.3 Å². The fourth-order valence-electron chi connectivity index (χ4n) is 1.81. The minimum atomic E-state index is -0.430. The van der Waals surface area contributed by atoms with Crippen LogP contribution in [-0.2, 0) is 6.54 Å². The number of amides is 2. The van der Waals surface area contributed by atoms with Gasteiger partial charge in [0.2, 0.25) is 0 Å². The van der Waals surface area contributed by atoms with Crippen LogP contribution in [0.3, 0.4) is 0 Å². The highest BCUT2D eigenvalue weighted by molar-refractivity contribution is 6.00. The zero-order valence-electron chi connectivity index (χ0n) is 11.9. The Morgan fingerprint density at radius 2 is 2.10 bits per heavy atom. The predicted octanol–water partition coefficient (Wildman–Crippen LogP) is 1.90. The minimum Gasteiger partial charge on any atom is -0.494 e. The number of rotatable bonds is 4. The number of carbonyl (C=O) groups is 1. The average molecular weight is 287 g/mol. The molecule has 1 aromatic carbocycles. The Morgan fingerprint density at radius 3 is 2.71 bits per heavy atom. The smallest absolute Gasteiger partial charge is 0.324 e. The molecule has 0 bridgehead atoms. The third-order valence-electron chi connectivity index (χ3n) is 2.79. The molecule has 1 heterocycles. The van der Waals surface area contributed by atoms with Gasteiger partial charge in [-0.2, -0.15) is 0 Å². The summed E-state index contributed by atoms with van der Waals surface area (Å²) >= 11 is 0. The van der Waals surface area contributed by atoms with Gasteiger partial charge in [0.15, 0.2) is 5.82 Å². The van der Waals surface area contributed by atoms with E-state index in [1.807, 2.05) is 13.0 Å². The number of ether oxygens (including phenoxy) is 1. The van der Waals surface area contributed by atoms with Gasteiger partial charge in [0.05, 0.1) is 30.9 Å². The van der Waals surface area contributed by atoms with Crippen LogP contribution in [0.5, 0.6) is 5.75 Å². The van der Waals surface area contributed by atoms with E-state index < -0.39 is 6.03 Å². The Bertz CT molecular complexity index is 628. The van der Waals surface area contributed by atoms with E-state index in [0.29, 0.717) is 23.8 Å². The number of aryl methyl sites for hydroxylation is 1. The van der Waals surface area contributed by atoms with Crippen molar-refractivity contribution < 1.29 is 9.53 Å². The predicted molar refractivity (Wildman–Crippen MR) is 80.3 cm³/mol. The van der Waals surface area contributed by atoms with Crippen LogP contribution in [0.1, 0.15) is 11.3 Å². The molecule has 2 amide bonds. The first-order valence-corrected chi connectivity index (χ1v) is 6.36. The van der Waals surface area contributed by atoms with Crippen LogP contribution in [0.2, 0.25) is 0 Å². The number of methoxy groups -OCH3 is 1. The summed E-state index contributed by atoms with van der Waals surface area (Å²) in [5.41, 5.74) is 7.76. The molecule has 2 aromatic rings. The second-order valence-electron chi connectivity index (χ2n) is 4.32. The standard InChI is InChI=1S/C14H17N5O2/c1-9-7-17-12(8-16-9)19-14(20)18-11-5-3-4-10(6-15)13(11)21-2/h3-5,7-8H,6,15H2,1-2H3,(H2,17,18,19,20). The molecule has 2 rings (SSSR count). The Hall–Kier alpha value is -2.67. The zero-order valence-corrected chi connectivity index (χ0v) is 11.9. The normalized spacial score (nSPS) is 10.0. The molecule has 0 atom stereocenters. The SMILES string of the molecule is COc1c(CN)cccc1NC(=O)Nc1cnc(C)cn1. The van der Waals surface area contributed by atoms with E-state index in [0.717, 1.165) is 11.3 Å². The lowest BCUT2D eigenvalue weighted by molar-refractivity contribution is 0.262. The molecule has 0 radical (unpaired) electrons. The summed E-state index contributed by atoms with van der Waals surface area (Å²) in [6.07, 6.45) is 3.06. The lowest BCUT2D eigenvalue weighted by Gasteiger charge is -2.13. The maximum absolute atomic E-state index is 12.0. The summed E-state index contributed by atoms with van der Waals surface area (Å²) in [5.74, 6) is 0.914. The summed E-state index contributed by atoms with van der Waals surface area (Å²) in [4.78, 5) is 20.1. The molecule has 0 spiro atoms. The molecule has 0 aliphatic rings. The number of hydrogen-bond donors (Lipinski definition) is 3. The van der Waals surface area contributed by atoms with Crippen LogP contribution in [0.25, 0.3) is 0 Å². The first-order valence-electron chi connectivity index (χ1n) is 6.36. The van der Waals surface area contributed by atoms with Crippen LogP contribution in [0.15, 0.2) is 30.6 Å². The van der Waals surface area contributed by atoms with Gasteiger partial charge in [0.1, 0.15) is 5.75 Å². The Morgan fingerprint density at radius 1 is 1.29 bits per heavy atom. The summed E-state index contributed by atoms with van der Waals surface area (Å²) < 4.78 is 5.28. The Balaban J connectivity index is 2.11. The third-order valence-corrected chi connectivity index (χ3v) is 2.79. The van der Waals surface area contributed by atoms with Crippen molar-refractivity contribution in [3.05, 3.63) is 41.9 Å². The highest BCUT2D eigenvalue weighted by atomic mass is 16.5. The maximum atomic E-state index is 12.0. The summed E-state index contributed by atoms with van der Waals surface area (Å²) in [6.45, 7) is 2.14. The van der Waals surface area contributed by atoms with Gasteiger partial charge in [0, 0.05) is 12.1 Å². The van der Waals surface area contributed by atoms with Crippen molar-refractivity contribution in [2.75, 3.05) is 17.7 Å². The van der Waals surface area contributed by atoms with Crippen LogP contribution >= 0.6 is 0 Å². The van der Waals surface area contributed by atoms with E-state index in [1.54, 1.807) is 18.3 Å². The lowest BCUT2D eigenvalue weighted by Crippen LogP contribution is -2.21. The first-order chi connectivity index (χ1) is 10.1. The minimum absolute atomic E-state index is 0.323. The van der Waals surface area contributed by atoms with Crippen molar-refractivity contribution in [1.82, 2.24) is 9.97 Å². The maximum Gasteiger partial charge on any atom is 0.324 e. The molecule has 1 aromatic heterocycles. The third kappa shape index (κ3) is 3.67. The quantitative estimate of drug-likeness (QED) is 0.797. The fraction of sp³-hybridized carbons (Fsp3) is 0.214. The van der Waals surface area contributed by atoms with Crippen molar-refractivity contribution in [2.45, 2.75) is 13.5 Å². The summed E-state index contributed by atoms with van der Waals surface area (Å²) in [5, 5.41) is 5.30. The van der Waals surface area contributed by atoms with Crippen molar-refractivity contribution in [1.29, 1.82) is 0 Å². The summed E-state index contributed by atoms with van der Waals surface area (Å²) in [7, 11) is 1.53. The number of benzene rings is 1. The molecular formula is C14H17N5O2. The van der Waals surface area contributed by atoms with Crippen molar-refractivity contribution >= 4 is 17.5 Å². The van der Waals surface area contributed by atoms with Crippen molar-refractivity contribution in [3.63, 3.8) is 0 Å². The van der Waals surface area contributed by atoms with Crippen LogP contribution in [-0.4, -0.2) is 23.1 Å². The molecular weight excluding hydrogens is 270 g/mol. The number of urea groups is 1. The number of para-hydroxylation sites is 1. The van der Waals surface area contributed by atoms with E-state index in [9.17, 15) is 4.79 Å². The van der Waals surface area contributed by atoms with Crippen LogP contribution < -0.4 is 21.1 Å². The van der Waals surface area contributed by atoms with Gasteiger partial charge >= 0.3 is 6.03 Å². The molecule has 0 saturated heterocycles. The number of carbonyl (C=O) groups excluding carboxylic acids is 1. The van der Waals surface area contributed by atoms with E-state index >= 15 is 0 Å². The van der Waals surface area contributed by atoms with Crippen LogP contribution in [0, 0.1) is 6.92 Å². The average Bonchev–Trinajstić information content (AvgIpc) is 2.49. The number of nitrogens with one attached hydrogen (secondary N) is 2. The van der Waals surface area contributed by atoms with Gasteiger partial charge in [0.25, 0.3) is 0 Å². The van der Waals surface area contributed by atoms with Crippen LogP contribution in [0.4, 0.5) is 16.3 Å². The van der Waals surface area contributed by atoms with E-state index in [2.05, 4.69) is 20.6 Å². The number of aromatic nitrogens is 2. The Kier molecular flexibility index (Phi) is 4.68. The van der Waals surface area contributed by atoms with Gasteiger partial charge in [-0.3, -0.25) is 10.3 Å². The molecule has 7 nitrogen and oxygen atoms in total. The molecule has 0 aliphatic heterocycles. The van der Waals surface area contributed by atoms with Gasteiger partial charge < -0.3 is 15.8 Å². The zero-order chi connectivity index (χ0) is 15.2. The molecule has 21 heavy (non-hydrogen) atoms. The Labute approximate surface area is 122 Å². The second-order valence-corrected chi connectivity index (χ2v) is 4.32. The van der Waals surface area contributed by atoms with Gasteiger partial charge in [-0.05, 0) is 13.0 Å². The molecule has 110 valence electrons. The summed E-state index contributed by atoms with van der Waals surface area (Å²) in [6, 6.07) is 4.94. The van der Waals surface area contributed by atoms with Gasteiger partial charge in [-0.1, -0.05) is 12.1 Å². The number of anilines is 2. The number of hydrogen-bond acceptors (Lipinski definition) is 5. The topological polar surface area (TPSA) is 102 Å². The lowest BCUT2D eigenvalue weighted by atomic mass is 10.1. The molecule has 7 heteroatoms. The van der Waals surface area contributed by atoms with Gasteiger partial charge in [-0.25, -0.2) is 9.78 Å². The second kappa shape index (κ2) is 6.67. The first kappa shape index (κ1) is 14.7. The largest absolute Gasteiger partial charge is 0.494 e. The number of nitrogens with zero attached hydrogens (tertiary/aromatic N) is 2. The molecule has 0 unspecified atom stereocenters. The van der Waals surface area contributed by atoms with E-state index in [4.69, 9.17) is 10.5 Å². The highest BCUT2D eigenvalue weighted by Crippen LogP contribution is 2.28. The molecule has 0 fully saturated rings. The molecule has 0 saturated carbocycles. The van der Waals surface area contributed by atoms with Crippen molar-refractivity contribution in [3.8, 4) is 5.75 Å². The monoisotopic (exact) mass is 287 g/mol. The molecule has 4 N–H and O–H groups in total. The van der Waals surface area contributed by atoms with Crippen molar-refractivity contribution in [2.24, 2.45) is 5.73 Å². The number of nitrogens with two attached hydrogens (primary N) is 1. The fourth-order valence-corrected chi connectivity index (χ4v) is 1.81. The van der Waals surface area contributed by atoms with Gasteiger partial charge in [-0.15, -0.1) is 0 Å². The van der Waals surface area contributed by atoms with E-state index in [-0.39, 0.29) is 0 Å². The highest BCUT2D eigenvalue weighted by Gasteiger charge is 2.11. The molecule has 0 aliphatic carbocycles.